The molecule has 110 valence electrons. The van der Waals surface area contributed by atoms with E-state index in [2.05, 4.69) is 18.7 Å². The van der Waals surface area contributed by atoms with E-state index in [-0.39, 0.29) is 17.4 Å². The Morgan fingerprint density at radius 1 is 1.40 bits per heavy atom. The normalized spacial score (nSPS) is 17.4. The molecule has 1 aliphatic heterocycles. The smallest absolute Gasteiger partial charge is 0.342 e. The molecule has 1 aliphatic rings. The highest BCUT2D eigenvalue weighted by Gasteiger charge is 2.24. The van der Waals surface area contributed by atoms with E-state index in [1.807, 2.05) is 0 Å². The summed E-state index contributed by atoms with van der Waals surface area (Å²) in [6.07, 6.45) is 1.60. The number of ether oxygens (including phenoxy) is 1. The molecule has 0 radical (unpaired) electrons. The van der Waals surface area contributed by atoms with Crippen molar-refractivity contribution < 1.29 is 19.0 Å². The Bertz CT molecular complexity index is 482. The lowest BCUT2D eigenvalue weighted by molar-refractivity contribution is 0.0660. The molecule has 1 heterocycles. The Hall–Kier alpha value is -1.62. The molecule has 1 aromatic carbocycles. The van der Waals surface area contributed by atoms with Gasteiger partial charge in [0.15, 0.2) is 0 Å². The van der Waals surface area contributed by atoms with E-state index >= 15 is 0 Å². The van der Waals surface area contributed by atoms with E-state index < -0.39 is 11.8 Å². The van der Waals surface area contributed by atoms with Crippen LogP contribution < -0.4 is 4.74 Å². The van der Waals surface area contributed by atoms with Gasteiger partial charge in [0.2, 0.25) is 0 Å². The van der Waals surface area contributed by atoms with Gasteiger partial charge in [-0.05, 0) is 38.8 Å². The molecule has 1 aromatic rings. The van der Waals surface area contributed by atoms with Gasteiger partial charge >= 0.3 is 5.97 Å². The van der Waals surface area contributed by atoms with Gasteiger partial charge in [0.05, 0.1) is 0 Å². The number of carboxylic acids is 1. The first-order chi connectivity index (χ1) is 9.49. The monoisotopic (exact) mass is 281 g/mol. The second-order valence-corrected chi connectivity index (χ2v) is 5.37. The van der Waals surface area contributed by atoms with Crippen LogP contribution in [0.1, 0.15) is 37.0 Å². The molecule has 0 aromatic heterocycles. The number of carbonyl (C=O) groups is 1. The minimum absolute atomic E-state index is 0.0510. The SMILES string of the molecule is CC(C)N1CCC(Oc2cccc(F)c2C(=O)O)CC1. The van der Waals surface area contributed by atoms with E-state index in [1.54, 1.807) is 0 Å². The van der Waals surface area contributed by atoms with E-state index in [1.165, 1.54) is 12.1 Å². The third kappa shape index (κ3) is 3.28. The summed E-state index contributed by atoms with van der Waals surface area (Å²) in [4.78, 5) is 13.4. The third-order valence-electron chi connectivity index (χ3n) is 3.69. The number of halogens is 1. The van der Waals surface area contributed by atoms with Crippen molar-refractivity contribution in [3.8, 4) is 5.75 Å². The predicted molar refractivity (Wildman–Crippen MR) is 73.7 cm³/mol. The van der Waals surface area contributed by atoms with Crippen LogP contribution >= 0.6 is 0 Å². The van der Waals surface area contributed by atoms with E-state index in [0.717, 1.165) is 32.0 Å². The van der Waals surface area contributed by atoms with E-state index in [0.29, 0.717) is 6.04 Å². The van der Waals surface area contributed by atoms with Gasteiger partial charge in [0.25, 0.3) is 0 Å². The van der Waals surface area contributed by atoms with Crippen molar-refractivity contribution in [3.05, 3.63) is 29.6 Å². The average Bonchev–Trinajstić information content (AvgIpc) is 2.39. The number of piperidine rings is 1. The lowest BCUT2D eigenvalue weighted by Crippen LogP contribution is -2.41. The number of likely N-dealkylation sites (tertiary alicyclic amines) is 1. The number of hydrogen-bond acceptors (Lipinski definition) is 3. The molecule has 2 rings (SSSR count). The maximum atomic E-state index is 13.6. The standard InChI is InChI=1S/C15H20FNO3/c1-10(2)17-8-6-11(7-9-17)20-13-5-3-4-12(16)14(13)15(18)19/h3-5,10-11H,6-9H2,1-2H3,(H,18,19). The molecular weight excluding hydrogens is 261 g/mol. The molecule has 1 fully saturated rings. The highest BCUT2D eigenvalue weighted by atomic mass is 19.1. The second kappa shape index (κ2) is 6.22. The molecule has 0 aliphatic carbocycles. The molecule has 1 N–H and O–H groups in total. The largest absolute Gasteiger partial charge is 0.489 e. The number of aromatic carboxylic acids is 1. The highest BCUT2D eigenvalue weighted by molar-refractivity contribution is 5.91. The fourth-order valence-corrected chi connectivity index (χ4v) is 2.50. The van der Waals surface area contributed by atoms with E-state index in [4.69, 9.17) is 9.84 Å². The molecule has 0 atom stereocenters. The summed E-state index contributed by atoms with van der Waals surface area (Å²) in [5.41, 5.74) is -0.376. The minimum Gasteiger partial charge on any atom is -0.489 e. The number of carboxylic acid groups (broad SMARTS) is 1. The summed E-state index contributed by atoms with van der Waals surface area (Å²) in [7, 11) is 0. The Morgan fingerprint density at radius 2 is 2.05 bits per heavy atom. The third-order valence-corrected chi connectivity index (χ3v) is 3.69. The molecular formula is C15H20FNO3. The van der Waals surface area contributed by atoms with Crippen LogP contribution in [0, 0.1) is 5.82 Å². The molecule has 0 amide bonds. The Balaban J connectivity index is 2.05. The zero-order valence-electron chi connectivity index (χ0n) is 11.8. The Labute approximate surface area is 118 Å². The van der Waals surface area contributed by atoms with Crippen molar-refractivity contribution in [2.45, 2.75) is 38.8 Å². The number of benzene rings is 1. The van der Waals surface area contributed by atoms with Gasteiger partial charge in [-0.2, -0.15) is 0 Å². The summed E-state index contributed by atoms with van der Waals surface area (Å²) >= 11 is 0. The molecule has 0 spiro atoms. The number of rotatable bonds is 4. The topological polar surface area (TPSA) is 49.8 Å². The van der Waals surface area contributed by atoms with Crippen LogP contribution in [0.3, 0.4) is 0 Å². The molecule has 0 bridgehead atoms. The summed E-state index contributed by atoms with van der Waals surface area (Å²) in [6, 6.07) is 4.62. The second-order valence-electron chi connectivity index (χ2n) is 5.37. The predicted octanol–water partition coefficient (Wildman–Crippen LogP) is 2.78. The summed E-state index contributed by atoms with van der Waals surface area (Å²) < 4.78 is 19.3. The fourth-order valence-electron chi connectivity index (χ4n) is 2.50. The first kappa shape index (κ1) is 14.8. The molecule has 0 unspecified atom stereocenters. The van der Waals surface area contributed by atoms with Crippen molar-refractivity contribution in [1.29, 1.82) is 0 Å². The molecule has 4 nitrogen and oxygen atoms in total. The lowest BCUT2D eigenvalue weighted by atomic mass is 10.1. The summed E-state index contributed by atoms with van der Waals surface area (Å²) in [5, 5.41) is 9.06. The van der Waals surface area contributed by atoms with Crippen LogP contribution in [0.2, 0.25) is 0 Å². The fraction of sp³-hybridized carbons (Fsp3) is 0.533. The summed E-state index contributed by atoms with van der Waals surface area (Å²) in [5.74, 6) is -1.92. The molecule has 0 saturated carbocycles. The quantitative estimate of drug-likeness (QED) is 0.922. The van der Waals surface area contributed by atoms with Gasteiger partial charge in [-0.3, -0.25) is 0 Å². The van der Waals surface area contributed by atoms with E-state index in [9.17, 15) is 9.18 Å². The first-order valence-electron chi connectivity index (χ1n) is 6.91. The van der Waals surface area contributed by atoms with Gasteiger partial charge in [-0.1, -0.05) is 6.07 Å². The van der Waals surface area contributed by atoms with Gasteiger partial charge in [0, 0.05) is 19.1 Å². The van der Waals surface area contributed by atoms with Crippen molar-refractivity contribution in [3.63, 3.8) is 0 Å². The van der Waals surface area contributed by atoms with Crippen LogP contribution in [0.5, 0.6) is 5.75 Å². The first-order valence-corrected chi connectivity index (χ1v) is 6.91. The van der Waals surface area contributed by atoms with Gasteiger partial charge in [-0.25, -0.2) is 9.18 Å². The van der Waals surface area contributed by atoms with Gasteiger partial charge in [-0.15, -0.1) is 0 Å². The van der Waals surface area contributed by atoms with Crippen LogP contribution in [-0.4, -0.2) is 41.2 Å². The maximum Gasteiger partial charge on any atom is 0.342 e. The minimum atomic E-state index is -1.29. The Kier molecular flexibility index (Phi) is 4.60. The Morgan fingerprint density at radius 3 is 2.60 bits per heavy atom. The zero-order chi connectivity index (χ0) is 14.7. The van der Waals surface area contributed by atoms with Crippen molar-refractivity contribution in [1.82, 2.24) is 4.90 Å². The van der Waals surface area contributed by atoms with Crippen molar-refractivity contribution in [2.24, 2.45) is 0 Å². The molecule has 5 heteroatoms. The maximum absolute atomic E-state index is 13.6. The zero-order valence-corrected chi connectivity index (χ0v) is 11.8. The van der Waals surface area contributed by atoms with Crippen LogP contribution in [-0.2, 0) is 0 Å². The highest BCUT2D eigenvalue weighted by Crippen LogP contribution is 2.25. The summed E-state index contributed by atoms with van der Waals surface area (Å²) in [6.45, 7) is 6.13. The van der Waals surface area contributed by atoms with Crippen molar-refractivity contribution in [2.75, 3.05) is 13.1 Å². The average molecular weight is 281 g/mol. The number of hydrogen-bond donors (Lipinski definition) is 1. The van der Waals surface area contributed by atoms with Crippen LogP contribution in [0.25, 0.3) is 0 Å². The van der Waals surface area contributed by atoms with Crippen LogP contribution in [0.4, 0.5) is 4.39 Å². The molecule has 20 heavy (non-hydrogen) atoms. The lowest BCUT2D eigenvalue weighted by Gasteiger charge is -2.34. The number of nitrogens with zero attached hydrogens (tertiary/aromatic N) is 1. The molecule has 1 saturated heterocycles. The van der Waals surface area contributed by atoms with Gasteiger partial charge < -0.3 is 14.7 Å². The van der Waals surface area contributed by atoms with Gasteiger partial charge in [0.1, 0.15) is 23.2 Å². The van der Waals surface area contributed by atoms with Crippen LogP contribution in [0.15, 0.2) is 18.2 Å². The van der Waals surface area contributed by atoms with Crippen molar-refractivity contribution >= 4 is 5.97 Å².